The number of hydrogen-bond donors (Lipinski definition) is 1. The smallest absolute Gasteiger partial charge is 0.281 e. The first-order valence-corrected chi connectivity index (χ1v) is 7.99. The first-order valence-electron chi connectivity index (χ1n) is 7.99. The van der Waals surface area contributed by atoms with Gasteiger partial charge < -0.3 is 4.57 Å². The van der Waals surface area contributed by atoms with Gasteiger partial charge in [0.1, 0.15) is 0 Å². The Bertz CT molecular complexity index is 1020. The van der Waals surface area contributed by atoms with Crippen LogP contribution in [0.4, 0.5) is 5.69 Å². The summed E-state index contributed by atoms with van der Waals surface area (Å²) in [7, 11) is 0. The second-order valence-electron chi connectivity index (χ2n) is 5.74. The van der Waals surface area contributed by atoms with Crippen molar-refractivity contribution in [2.24, 2.45) is 0 Å². The zero-order valence-electron chi connectivity index (χ0n) is 13.4. The molecule has 0 unspecified atom stereocenters. The van der Waals surface area contributed by atoms with E-state index in [9.17, 15) is 10.0 Å². The summed E-state index contributed by atoms with van der Waals surface area (Å²) in [6.45, 7) is 0. The number of benzene rings is 3. The number of nitrogens with zero attached hydrogens (tertiary/aromatic N) is 2. The number of amides is 1. The summed E-state index contributed by atoms with van der Waals surface area (Å²) in [6.07, 6.45) is 2.01. The summed E-state index contributed by atoms with van der Waals surface area (Å²) in [5.41, 5.74) is 2.93. The Balaban J connectivity index is 1.63. The molecule has 4 aromatic rings. The third kappa shape index (κ3) is 2.79. The van der Waals surface area contributed by atoms with Crippen molar-refractivity contribution in [3.8, 4) is 5.69 Å². The highest BCUT2D eigenvalue weighted by Gasteiger charge is 2.15. The van der Waals surface area contributed by atoms with Crippen LogP contribution in [-0.4, -0.2) is 15.7 Å². The number of carbonyl (C=O) groups excluding carboxylic acids is 1. The summed E-state index contributed by atoms with van der Waals surface area (Å²) in [4.78, 5) is 12.3. The van der Waals surface area contributed by atoms with E-state index in [0.717, 1.165) is 16.6 Å². The van der Waals surface area contributed by atoms with Crippen LogP contribution in [-0.2, 0) is 0 Å². The summed E-state index contributed by atoms with van der Waals surface area (Å²) < 4.78 is 2.07. The molecule has 0 atom stereocenters. The largest absolute Gasteiger partial charge is 0.317 e. The molecule has 4 nitrogen and oxygen atoms in total. The molecule has 0 saturated carbocycles. The molecule has 25 heavy (non-hydrogen) atoms. The molecule has 0 spiro atoms. The molecule has 122 valence electrons. The standard InChI is InChI=1S/C21H16N2O2/c24-21(17-7-2-1-3-8-17)23(25)19-12-10-18(11-13-19)22-15-14-16-6-4-5-9-20(16)22/h1-15,25H. The zero-order valence-corrected chi connectivity index (χ0v) is 13.4. The molecule has 0 bridgehead atoms. The van der Waals surface area contributed by atoms with E-state index in [1.54, 1.807) is 36.4 Å². The lowest BCUT2D eigenvalue weighted by atomic mass is 10.2. The normalized spacial score (nSPS) is 10.8. The van der Waals surface area contributed by atoms with Gasteiger partial charge in [-0.25, -0.2) is 0 Å². The molecule has 4 heteroatoms. The Morgan fingerprint density at radius 3 is 2.24 bits per heavy atom. The average molecular weight is 328 g/mol. The Morgan fingerprint density at radius 2 is 1.48 bits per heavy atom. The molecule has 0 radical (unpaired) electrons. The van der Waals surface area contributed by atoms with Crippen LogP contribution in [0, 0.1) is 0 Å². The first-order chi connectivity index (χ1) is 12.2. The Morgan fingerprint density at radius 1 is 0.800 bits per heavy atom. The summed E-state index contributed by atoms with van der Waals surface area (Å²) in [5.74, 6) is -0.459. The van der Waals surface area contributed by atoms with Crippen LogP contribution in [0.2, 0.25) is 0 Å². The van der Waals surface area contributed by atoms with Gasteiger partial charge >= 0.3 is 0 Å². The fourth-order valence-corrected chi connectivity index (χ4v) is 2.88. The van der Waals surface area contributed by atoms with Crippen molar-refractivity contribution < 1.29 is 10.0 Å². The summed E-state index contributed by atoms with van der Waals surface area (Å²) in [6, 6.07) is 26.1. The highest BCUT2D eigenvalue weighted by atomic mass is 16.5. The molecule has 1 heterocycles. The van der Waals surface area contributed by atoms with Crippen LogP contribution < -0.4 is 5.06 Å². The van der Waals surface area contributed by atoms with Crippen molar-refractivity contribution in [2.75, 3.05) is 5.06 Å². The van der Waals surface area contributed by atoms with Gasteiger partial charge in [0.05, 0.1) is 11.2 Å². The van der Waals surface area contributed by atoms with Crippen LogP contribution in [0.5, 0.6) is 0 Å². The quantitative estimate of drug-likeness (QED) is 0.439. The second-order valence-corrected chi connectivity index (χ2v) is 5.74. The number of para-hydroxylation sites is 1. The highest BCUT2D eigenvalue weighted by molar-refractivity contribution is 6.04. The molecule has 1 N–H and O–H groups in total. The molecule has 0 aliphatic rings. The van der Waals surface area contributed by atoms with Crippen molar-refractivity contribution >= 4 is 22.5 Å². The SMILES string of the molecule is O=C(c1ccccc1)N(O)c1ccc(-n2ccc3ccccc32)cc1. The van der Waals surface area contributed by atoms with Crippen molar-refractivity contribution in [3.63, 3.8) is 0 Å². The van der Waals surface area contributed by atoms with Crippen LogP contribution in [0.3, 0.4) is 0 Å². The maximum absolute atomic E-state index is 12.3. The van der Waals surface area contributed by atoms with Crippen molar-refractivity contribution in [2.45, 2.75) is 0 Å². The topological polar surface area (TPSA) is 45.5 Å². The zero-order chi connectivity index (χ0) is 17.2. The maximum Gasteiger partial charge on any atom is 0.281 e. The molecular formula is C21H16N2O2. The Kier molecular flexibility index (Phi) is 3.80. The molecule has 0 aliphatic carbocycles. The Labute approximate surface area is 145 Å². The van der Waals surface area contributed by atoms with Crippen LogP contribution >= 0.6 is 0 Å². The number of carbonyl (C=O) groups is 1. The van der Waals surface area contributed by atoms with E-state index in [1.807, 2.05) is 36.5 Å². The number of fused-ring (bicyclic) bond motifs is 1. The fraction of sp³-hybridized carbons (Fsp3) is 0. The molecule has 0 aliphatic heterocycles. The van der Waals surface area contributed by atoms with Gasteiger partial charge in [-0.05, 0) is 53.9 Å². The molecule has 0 saturated heterocycles. The second kappa shape index (κ2) is 6.26. The maximum atomic E-state index is 12.3. The highest BCUT2D eigenvalue weighted by Crippen LogP contribution is 2.23. The van der Waals surface area contributed by atoms with E-state index in [2.05, 4.69) is 22.8 Å². The minimum atomic E-state index is -0.459. The van der Waals surface area contributed by atoms with Crippen molar-refractivity contribution in [1.29, 1.82) is 0 Å². The number of hydroxylamine groups is 1. The number of rotatable bonds is 3. The van der Waals surface area contributed by atoms with Crippen molar-refractivity contribution in [1.82, 2.24) is 4.57 Å². The minimum Gasteiger partial charge on any atom is -0.317 e. The molecule has 1 amide bonds. The molecule has 4 rings (SSSR count). The molecule has 3 aromatic carbocycles. The number of aromatic nitrogens is 1. The van der Waals surface area contributed by atoms with E-state index in [1.165, 1.54) is 0 Å². The van der Waals surface area contributed by atoms with Gasteiger partial charge in [-0.3, -0.25) is 10.0 Å². The van der Waals surface area contributed by atoms with Crippen LogP contribution in [0.15, 0.2) is 91.1 Å². The van der Waals surface area contributed by atoms with Gasteiger partial charge in [0.2, 0.25) is 0 Å². The summed E-state index contributed by atoms with van der Waals surface area (Å²) in [5, 5.41) is 12.0. The van der Waals surface area contributed by atoms with Crippen LogP contribution in [0.25, 0.3) is 16.6 Å². The van der Waals surface area contributed by atoms with E-state index < -0.39 is 5.91 Å². The molecule has 1 aromatic heterocycles. The van der Waals surface area contributed by atoms with Crippen molar-refractivity contribution in [3.05, 3.63) is 96.7 Å². The van der Waals surface area contributed by atoms with Gasteiger partial charge in [-0.1, -0.05) is 36.4 Å². The monoisotopic (exact) mass is 328 g/mol. The van der Waals surface area contributed by atoms with Gasteiger partial charge in [0, 0.05) is 17.4 Å². The minimum absolute atomic E-state index is 0.425. The van der Waals surface area contributed by atoms with E-state index in [-0.39, 0.29) is 0 Å². The van der Waals surface area contributed by atoms with Gasteiger partial charge in [0.15, 0.2) is 0 Å². The van der Waals surface area contributed by atoms with Crippen LogP contribution in [0.1, 0.15) is 10.4 Å². The van der Waals surface area contributed by atoms with E-state index in [4.69, 9.17) is 0 Å². The third-order valence-corrected chi connectivity index (χ3v) is 4.19. The predicted molar refractivity (Wildman–Crippen MR) is 98.3 cm³/mol. The number of hydrogen-bond acceptors (Lipinski definition) is 2. The molecular weight excluding hydrogens is 312 g/mol. The van der Waals surface area contributed by atoms with Gasteiger partial charge in [0.25, 0.3) is 5.91 Å². The van der Waals surface area contributed by atoms with Gasteiger partial charge in [-0.15, -0.1) is 0 Å². The molecule has 0 fully saturated rings. The lowest BCUT2D eigenvalue weighted by Gasteiger charge is -2.16. The van der Waals surface area contributed by atoms with E-state index >= 15 is 0 Å². The third-order valence-electron chi connectivity index (χ3n) is 4.19. The number of anilines is 1. The Hall–Kier alpha value is -3.37. The lowest BCUT2D eigenvalue weighted by Crippen LogP contribution is -2.26. The van der Waals surface area contributed by atoms with E-state index in [0.29, 0.717) is 16.3 Å². The lowest BCUT2D eigenvalue weighted by molar-refractivity contribution is 0.0855. The predicted octanol–water partition coefficient (Wildman–Crippen LogP) is 4.67. The van der Waals surface area contributed by atoms with Gasteiger partial charge in [-0.2, -0.15) is 5.06 Å². The first kappa shape index (κ1) is 15.2. The average Bonchev–Trinajstić information content (AvgIpc) is 3.12. The fourth-order valence-electron chi connectivity index (χ4n) is 2.88. The summed E-state index contributed by atoms with van der Waals surface area (Å²) >= 11 is 0.